The lowest BCUT2D eigenvalue weighted by molar-refractivity contribution is -0.526. The van der Waals surface area contributed by atoms with Gasteiger partial charge in [-0.15, -0.1) is 0 Å². The molecule has 4 rings (SSSR count). The maximum Gasteiger partial charge on any atom is 0.232 e. The van der Waals surface area contributed by atoms with Gasteiger partial charge in [-0.3, -0.25) is 25.0 Å². The van der Waals surface area contributed by atoms with Gasteiger partial charge in [-0.1, -0.05) is 48.5 Å². The molecule has 2 aromatic carbocycles. The summed E-state index contributed by atoms with van der Waals surface area (Å²) in [5.41, 5.74) is 2.22. The lowest BCUT2D eigenvalue weighted by Gasteiger charge is -2.29. The topological polar surface area (TPSA) is 127 Å². The Morgan fingerprint density at radius 2 is 1.16 bits per heavy atom. The molecule has 2 aliphatic rings. The summed E-state index contributed by atoms with van der Waals surface area (Å²) in [6, 6.07) is 12.5. The number of piperidine rings is 2. The van der Waals surface area contributed by atoms with Crippen LogP contribution in [0.2, 0.25) is 0 Å². The summed E-state index contributed by atoms with van der Waals surface area (Å²) >= 11 is 0. The minimum Gasteiger partial charge on any atom is -0.310 e. The molecule has 9 heteroatoms. The fraction of sp³-hybridized carbons (Fsp3) is 0.435. The van der Waals surface area contributed by atoms with Crippen LogP contribution < -0.4 is 10.6 Å². The fourth-order valence-corrected chi connectivity index (χ4v) is 5.05. The second-order valence-corrected chi connectivity index (χ2v) is 8.41. The third-order valence-corrected chi connectivity index (χ3v) is 6.65. The van der Waals surface area contributed by atoms with E-state index in [0.29, 0.717) is 48.2 Å². The number of nitro groups is 2. The van der Waals surface area contributed by atoms with Crippen molar-refractivity contribution in [3.05, 3.63) is 91.0 Å². The normalized spacial score (nSPS) is 25.8. The Morgan fingerprint density at radius 1 is 0.750 bits per heavy atom. The summed E-state index contributed by atoms with van der Waals surface area (Å²) in [6.07, 6.45) is 1.13. The molecule has 4 unspecified atom stereocenters. The van der Waals surface area contributed by atoms with Gasteiger partial charge in [0.15, 0.2) is 5.78 Å². The molecule has 168 valence electrons. The highest BCUT2D eigenvalue weighted by molar-refractivity contribution is 6.11. The summed E-state index contributed by atoms with van der Waals surface area (Å²) < 4.78 is 0. The predicted octanol–water partition coefficient (Wildman–Crippen LogP) is 2.36. The molecule has 0 saturated carbocycles. The maximum absolute atomic E-state index is 13.8. The third kappa shape index (κ3) is 4.26. The first-order valence-electron chi connectivity index (χ1n) is 10.9. The van der Waals surface area contributed by atoms with E-state index in [0.717, 1.165) is 0 Å². The molecule has 0 radical (unpaired) electrons. The zero-order chi connectivity index (χ0) is 22.7. The molecule has 0 aromatic heterocycles. The van der Waals surface area contributed by atoms with Gasteiger partial charge < -0.3 is 10.6 Å². The van der Waals surface area contributed by atoms with Crippen molar-refractivity contribution in [1.29, 1.82) is 0 Å². The largest absolute Gasteiger partial charge is 0.310 e. The monoisotopic (exact) mass is 438 g/mol. The van der Waals surface area contributed by atoms with Gasteiger partial charge in [0.1, 0.15) is 0 Å². The molecule has 4 atom stereocenters. The summed E-state index contributed by atoms with van der Waals surface area (Å²) in [5, 5.41) is 29.5. The van der Waals surface area contributed by atoms with Crippen molar-refractivity contribution >= 4 is 5.78 Å². The van der Waals surface area contributed by atoms with Gasteiger partial charge >= 0.3 is 0 Å². The molecule has 2 N–H and O–H groups in total. The quantitative estimate of drug-likeness (QED) is 0.403. The summed E-state index contributed by atoms with van der Waals surface area (Å²) in [7, 11) is 0. The number of nitrogens with one attached hydrogen (secondary N) is 2. The van der Waals surface area contributed by atoms with Crippen molar-refractivity contribution in [3.63, 3.8) is 0 Å². The molecular formula is C23H26N4O5. The van der Waals surface area contributed by atoms with E-state index in [4.69, 9.17) is 0 Å². The molecule has 2 aromatic rings. The van der Waals surface area contributed by atoms with Crippen LogP contribution in [0.4, 0.5) is 0 Å². The van der Waals surface area contributed by atoms with Crippen LogP contribution in [0.3, 0.4) is 0 Å². The number of hydrogen-bond donors (Lipinski definition) is 2. The SMILES string of the molecule is O=C(c1ccccc1C1CCNCC1[N+](=O)[O-])c1ccccc1C1CCNCC1[N+](=O)[O-]. The number of carbonyl (C=O) groups excluding carboxylic acids is 1. The Bertz CT molecular complexity index is 947. The number of rotatable bonds is 6. The van der Waals surface area contributed by atoms with Crippen LogP contribution >= 0.6 is 0 Å². The van der Waals surface area contributed by atoms with Crippen LogP contribution in [0, 0.1) is 20.2 Å². The minimum atomic E-state index is -0.809. The van der Waals surface area contributed by atoms with Gasteiger partial charge in [0.25, 0.3) is 0 Å². The first kappa shape index (κ1) is 22.0. The molecular weight excluding hydrogens is 412 g/mol. The van der Waals surface area contributed by atoms with Gasteiger partial charge in [-0.05, 0) is 37.1 Å². The van der Waals surface area contributed by atoms with Gasteiger partial charge in [0.05, 0.1) is 24.9 Å². The Labute approximate surface area is 185 Å². The second-order valence-electron chi connectivity index (χ2n) is 8.41. The van der Waals surface area contributed by atoms with E-state index in [1.807, 2.05) is 0 Å². The second kappa shape index (κ2) is 9.54. The number of nitrogens with zero attached hydrogens (tertiary/aromatic N) is 2. The molecule has 0 aliphatic carbocycles. The van der Waals surface area contributed by atoms with Crippen molar-refractivity contribution < 1.29 is 14.6 Å². The van der Waals surface area contributed by atoms with E-state index in [-0.39, 0.29) is 40.6 Å². The van der Waals surface area contributed by atoms with Gasteiger partial charge in [0, 0.05) is 21.0 Å². The summed E-state index contributed by atoms with van der Waals surface area (Å²) in [6.45, 7) is 1.81. The molecule has 2 fully saturated rings. The van der Waals surface area contributed by atoms with E-state index < -0.39 is 12.1 Å². The first-order chi connectivity index (χ1) is 15.5. The van der Waals surface area contributed by atoms with Crippen LogP contribution in [-0.4, -0.2) is 53.9 Å². The van der Waals surface area contributed by atoms with E-state index >= 15 is 0 Å². The Kier molecular flexibility index (Phi) is 6.57. The lowest BCUT2D eigenvalue weighted by Crippen LogP contribution is -2.44. The van der Waals surface area contributed by atoms with Gasteiger partial charge in [-0.25, -0.2) is 0 Å². The molecule has 32 heavy (non-hydrogen) atoms. The Hall–Kier alpha value is -3.17. The molecule has 2 aliphatic heterocycles. The van der Waals surface area contributed by atoms with Crippen LogP contribution in [0.1, 0.15) is 51.7 Å². The van der Waals surface area contributed by atoms with E-state index in [9.17, 15) is 25.0 Å². The number of carbonyl (C=O) groups is 1. The Balaban J connectivity index is 1.74. The molecule has 0 bridgehead atoms. The number of ketones is 1. The zero-order valence-electron chi connectivity index (χ0n) is 17.6. The molecule has 2 saturated heterocycles. The van der Waals surface area contributed by atoms with Crippen LogP contribution in [0.25, 0.3) is 0 Å². The molecule has 9 nitrogen and oxygen atoms in total. The van der Waals surface area contributed by atoms with Crippen molar-refractivity contribution in [1.82, 2.24) is 10.6 Å². The third-order valence-electron chi connectivity index (χ3n) is 6.65. The first-order valence-corrected chi connectivity index (χ1v) is 10.9. The van der Waals surface area contributed by atoms with Crippen molar-refractivity contribution in [2.24, 2.45) is 0 Å². The minimum absolute atomic E-state index is 0.238. The smallest absolute Gasteiger partial charge is 0.232 e. The highest BCUT2D eigenvalue weighted by atomic mass is 16.6. The molecule has 0 spiro atoms. The van der Waals surface area contributed by atoms with Gasteiger partial charge in [0.2, 0.25) is 12.1 Å². The average Bonchev–Trinajstić information content (AvgIpc) is 2.83. The van der Waals surface area contributed by atoms with Crippen LogP contribution in [0.15, 0.2) is 48.5 Å². The number of hydrogen-bond acceptors (Lipinski definition) is 7. The lowest BCUT2D eigenvalue weighted by atomic mass is 9.79. The van der Waals surface area contributed by atoms with E-state index in [2.05, 4.69) is 10.6 Å². The fourth-order valence-electron chi connectivity index (χ4n) is 5.05. The van der Waals surface area contributed by atoms with Crippen molar-refractivity contribution in [2.75, 3.05) is 26.2 Å². The summed E-state index contributed by atoms with van der Waals surface area (Å²) in [4.78, 5) is 36.5. The summed E-state index contributed by atoms with van der Waals surface area (Å²) in [5.74, 6) is -0.981. The molecule has 2 heterocycles. The van der Waals surface area contributed by atoms with Gasteiger partial charge in [-0.2, -0.15) is 0 Å². The van der Waals surface area contributed by atoms with E-state index in [1.54, 1.807) is 48.5 Å². The number of benzene rings is 2. The highest BCUT2D eigenvalue weighted by Crippen LogP contribution is 2.34. The standard InChI is InChI=1S/C23H26N4O5/c28-23(19-7-3-1-5-15(19)17-9-11-24-13-21(17)26(29)30)20-8-4-2-6-16(20)18-10-12-25-14-22(18)27(31)32/h1-8,17-18,21-22,24-25H,9-14H2. The maximum atomic E-state index is 13.8. The van der Waals surface area contributed by atoms with E-state index in [1.165, 1.54) is 0 Å². The van der Waals surface area contributed by atoms with Crippen LogP contribution in [-0.2, 0) is 0 Å². The predicted molar refractivity (Wildman–Crippen MR) is 118 cm³/mol. The Morgan fingerprint density at radius 3 is 1.56 bits per heavy atom. The highest BCUT2D eigenvalue weighted by Gasteiger charge is 2.39. The van der Waals surface area contributed by atoms with Crippen molar-refractivity contribution in [3.8, 4) is 0 Å². The van der Waals surface area contributed by atoms with Crippen molar-refractivity contribution in [2.45, 2.75) is 36.8 Å². The average molecular weight is 438 g/mol. The zero-order valence-corrected chi connectivity index (χ0v) is 17.6. The van der Waals surface area contributed by atoms with Crippen LogP contribution in [0.5, 0.6) is 0 Å². The molecule has 0 amide bonds.